The normalized spacial score (nSPS) is 13.0. The van der Waals surface area contributed by atoms with Gasteiger partial charge >= 0.3 is 5.97 Å². The molecular formula is C20H23NO5. The summed E-state index contributed by atoms with van der Waals surface area (Å²) in [6.45, 7) is 7.93. The second-order valence-electron chi connectivity index (χ2n) is 6.20. The van der Waals surface area contributed by atoms with Crippen molar-refractivity contribution < 1.29 is 23.9 Å². The third-order valence-corrected chi connectivity index (χ3v) is 4.09. The zero-order chi connectivity index (χ0) is 19.4. The number of hydrogen-bond donors (Lipinski definition) is 1. The molecule has 26 heavy (non-hydrogen) atoms. The summed E-state index contributed by atoms with van der Waals surface area (Å²) in [5.41, 5.74) is 1.96. The average molecular weight is 357 g/mol. The Morgan fingerprint density at radius 2 is 1.62 bits per heavy atom. The molecule has 0 spiro atoms. The van der Waals surface area contributed by atoms with Crippen LogP contribution in [0.25, 0.3) is 0 Å². The van der Waals surface area contributed by atoms with Gasteiger partial charge in [-0.2, -0.15) is 0 Å². The van der Waals surface area contributed by atoms with Crippen molar-refractivity contribution in [3.63, 3.8) is 0 Å². The van der Waals surface area contributed by atoms with Crippen molar-refractivity contribution >= 4 is 17.5 Å². The zero-order valence-electron chi connectivity index (χ0n) is 15.6. The lowest BCUT2D eigenvalue weighted by atomic mass is 10.0. The number of esters is 1. The molecule has 0 amide bonds. The number of hydrogen-bond acceptors (Lipinski definition) is 5. The first-order chi connectivity index (χ1) is 12.2. The molecule has 6 nitrogen and oxygen atoms in total. The fourth-order valence-electron chi connectivity index (χ4n) is 2.80. The van der Waals surface area contributed by atoms with Gasteiger partial charge in [0.1, 0.15) is 5.75 Å². The molecular weight excluding hydrogens is 334 g/mol. The molecule has 0 aliphatic carbocycles. The predicted octanol–water partition coefficient (Wildman–Crippen LogP) is 3.42. The Labute approximate surface area is 152 Å². The van der Waals surface area contributed by atoms with Gasteiger partial charge in [0, 0.05) is 11.3 Å². The summed E-state index contributed by atoms with van der Waals surface area (Å²) < 4.78 is 10.7. The third-order valence-electron chi connectivity index (χ3n) is 4.09. The first kappa shape index (κ1) is 19.4. The molecule has 0 saturated carbocycles. The number of para-hydroxylation sites is 1. The lowest BCUT2D eigenvalue weighted by Gasteiger charge is -2.17. The maximum Gasteiger partial charge on any atom is 0.347 e. The van der Waals surface area contributed by atoms with Crippen molar-refractivity contribution in [2.75, 3.05) is 0 Å². The van der Waals surface area contributed by atoms with Crippen LogP contribution in [-0.2, 0) is 9.53 Å². The van der Waals surface area contributed by atoms with E-state index in [1.54, 1.807) is 45.0 Å². The molecule has 6 heteroatoms. The van der Waals surface area contributed by atoms with Gasteiger partial charge in [0.2, 0.25) is 5.78 Å². The van der Waals surface area contributed by atoms with Gasteiger partial charge in [0.25, 0.3) is 0 Å². The Morgan fingerprint density at radius 1 is 1.00 bits per heavy atom. The number of benzene rings is 1. The fourth-order valence-corrected chi connectivity index (χ4v) is 2.80. The van der Waals surface area contributed by atoms with Crippen LogP contribution in [-0.4, -0.2) is 34.7 Å². The Hall–Kier alpha value is -2.89. The van der Waals surface area contributed by atoms with E-state index in [4.69, 9.17) is 9.47 Å². The molecule has 138 valence electrons. The lowest BCUT2D eigenvalue weighted by molar-refractivity contribution is -0.153. The van der Waals surface area contributed by atoms with E-state index in [2.05, 4.69) is 4.98 Å². The van der Waals surface area contributed by atoms with E-state index in [1.165, 1.54) is 13.8 Å². The number of H-pyrrole nitrogens is 1. The summed E-state index contributed by atoms with van der Waals surface area (Å²) >= 11 is 0. The van der Waals surface area contributed by atoms with Crippen LogP contribution in [0, 0.1) is 13.8 Å². The first-order valence-electron chi connectivity index (χ1n) is 8.38. The molecule has 2 atom stereocenters. The molecule has 2 aromatic rings. The summed E-state index contributed by atoms with van der Waals surface area (Å²) in [4.78, 5) is 39.4. The molecule has 1 heterocycles. The molecule has 1 N–H and O–H groups in total. The molecule has 0 unspecified atom stereocenters. The smallest absolute Gasteiger partial charge is 0.347 e. The summed E-state index contributed by atoms with van der Waals surface area (Å²) in [6.07, 6.45) is -1.85. The van der Waals surface area contributed by atoms with Gasteiger partial charge in [0.15, 0.2) is 18.0 Å². The van der Waals surface area contributed by atoms with E-state index in [0.29, 0.717) is 22.6 Å². The molecule has 0 fully saturated rings. The van der Waals surface area contributed by atoms with Crippen LogP contribution in [0.4, 0.5) is 0 Å². The van der Waals surface area contributed by atoms with E-state index < -0.39 is 24.0 Å². The molecule has 0 aliphatic rings. The van der Waals surface area contributed by atoms with Crippen molar-refractivity contribution in [3.05, 3.63) is 52.8 Å². The number of carbonyl (C=O) groups is 3. The second-order valence-corrected chi connectivity index (χ2v) is 6.20. The molecule has 0 saturated heterocycles. The van der Waals surface area contributed by atoms with Crippen LogP contribution in [0.3, 0.4) is 0 Å². The third kappa shape index (κ3) is 4.20. The summed E-state index contributed by atoms with van der Waals surface area (Å²) in [5, 5.41) is 0. The summed E-state index contributed by atoms with van der Waals surface area (Å²) in [5.74, 6) is -0.608. The highest BCUT2D eigenvalue weighted by Gasteiger charge is 2.28. The molecule has 0 aliphatic heterocycles. The van der Waals surface area contributed by atoms with Gasteiger partial charge in [0.05, 0.1) is 5.69 Å². The average Bonchev–Trinajstić information content (AvgIpc) is 2.89. The standard InChI is InChI=1S/C20H23NO5/c1-11-17(13(3)22)12(2)21-18(11)19(23)14(4)26-20(24)15(5)25-16-9-7-6-8-10-16/h6-10,14-15,21H,1-5H3/t14-,15-/m1/s1. The van der Waals surface area contributed by atoms with Crippen molar-refractivity contribution in [2.24, 2.45) is 0 Å². The van der Waals surface area contributed by atoms with Gasteiger partial charge in [-0.15, -0.1) is 0 Å². The van der Waals surface area contributed by atoms with Gasteiger partial charge < -0.3 is 14.5 Å². The van der Waals surface area contributed by atoms with Gasteiger partial charge in [-0.1, -0.05) is 18.2 Å². The van der Waals surface area contributed by atoms with E-state index in [0.717, 1.165) is 0 Å². The number of aryl methyl sites for hydroxylation is 1. The number of carbonyl (C=O) groups excluding carboxylic acids is 3. The zero-order valence-corrected chi connectivity index (χ0v) is 15.6. The topological polar surface area (TPSA) is 85.5 Å². The highest BCUT2D eigenvalue weighted by Crippen LogP contribution is 2.21. The molecule has 1 aromatic heterocycles. The van der Waals surface area contributed by atoms with E-state index in [-0.39, 0.29) is 11.5 Å². The number of aromatic amines is 1. The number of ether oxygens (including phenoxy) is 2. The monoisotopic (exact) mass is 357 g/mol. The molecule has 0 bridgehead atoms. The summed E-state index contributed by atoms with van der Waals surface area (Å²) in [6, 6.07) is 8.89. The quantitative estimate of drug-likeness (QED) is 0.606. The van der Waals surface area contributed by atoms with Crippen LogP contribution in [0.1, 0.15) is 52.9 Å². The van der Waals surface area contributed by atoms with Crippen LogP contribution in [0.15, 0.2) is 30.3 Å². The minimum absolute atomic E-state index is 0.121. The fraction of sp³-hybridized carbons (Fsp3) is 0.350. The maximum atomic E-state index is 12.6. The molecule has 0 radical (unpaired) electrons. The number of rotatable bonds is 7. The van der Waals surface area contributed by atoms with Crippen LogP contribution in [0.2, 0.25) is 0 Å². The van der Waals surface area contributed by atoms with Crippen molar-refractivity contribution in [1.82, 2.24) is 4.98 Å². The van der Waals surface area contributed by atoms with Crippen LogP contribution >= 0.6 is 0 Å². The van der Waals surface area contributed by atoms with Crippen molar-refractivity contribution in [1.29, 1.82) is 0 Å². The number of Topliss-reactive ketones (excluding diaryl/α,β-unsaturated/α-hetero) is 2. The minimum atomic E-state index is -0.999. The van der Waals surface area contributed by atoms with Crippen LogP contribution < -0.4 is 4.74 Å². The second kappa shape index (κ2) is 7.99. The Morgan fingerprint density at radius 3 is 2.15 bits per heavy atom. The highest BCUT2D eigenvalue weighted by atomic mass is 16.6. The Balaban J connectivity index is 2.06. The lowest BCUT2D eigenvalue weighted by Crippen LogP contribution is -2.33. The number of ketones is 2. The number of aromatic nitrogens is 1. The Bertz CT molecular complexity index is 822. The SMILES string of the molecule is CC(=O)c1c(C)[nH]c(C(=O)[C@@H](C)OC(=O)[C@@H](C)Oc2ccccc2)c1C. The highest BCUT2D eigenvalue weighted by molar-refractivity contribution is 6.05. The van der Waals surface area contributed by atoms with E-state index >= 15 is 0 Å². The van der Waals surface area contributed by atoms with Crippen molar-refractivity contribution in [3.8, 4) is 5.75 Å². The maximum absolute atomic E-state index is 12.6. The predicted molar refractivity (Wildman–Crippen MR) is 96.7 cm³/mol. The van der Waals surface area contributed by atoms with E-state index in [1.807, 2.05) is 6.07 Å². The van der Waals surface area contributed by atoms with Crippen molar-refractivity contribution in [2.45, 2.75) is 46.8 Å². The van der Waals surface area contributed by atoms with Gasteiger partial charge in [-0.3, -0.25) is 9.59 Å². The van der Waals surface area contributed by atoms with E-state index in [9.17, 15) is 14.4 Å². The van der Waals surface area contributed by atoms with Gasteiger partial charge in [-0.05, 0) is 52.3 Å². The number of nitrogens with one attached hydrogen (secondary N) is 1. The minimum Gasteiger partial charge on any atom is -0.479 e. The first-order valence-corrected chi connectivity index (χ1v) is 8.38. The summed E-state index contributed by atoms with van der Waals surface area (Å²) in [7, 11) is 0. The molecule has 2 rings (SSSR count). The van der Waals surface area contributed by atoms with Crippen LogP contribution in [0.5, 0.6) is 5.75 Å². The molecule has 1 aromatic carbocycles. The largest absolute Gasteiger partial charge is 0.479 e. The van der Waals surface area contributed by atoms with Gasteiger partial charge in [-0.25, -0.2) is 4.79 Å². The Kier molecular flexibility index (Phi) is 5.97.